The Morgan fingerprint density at radius 3 is 2.73 bits per heavy atom. The van der Waals surface area contributed by atoms with E-state index in [2.05, 4.69) is 11.4 Å². The molecule has 0 bridgehead atoms. The molecule has 1 aromatic heterocycles. The number of para-hydroxylation sites is 2. The summed E-state index contributed by atoms with van der Waals surface area (Å²) in [7, 11) is 0. The summed E-state index contributed by atoms with van der Waals surface area (Å²) in [6, 6.07) is 11.1. The van der Waals surface area contributed by atoms with Gasteiger partial charge in [0.05, 0.1) is 17.9 Å². The Kier molecular flexibility index (Phi) is 4.84. The van der Waals surface area contributed by atoms with E-state index in [1.807, 2.05) is 45.0 Å². The van der Waals surface area contributed by atoms with Gasteiger partial charge < -0.3 is 14.6 Å². The van der Waals surface area contributed by atoms with Crippen LogP contribution in [-0.4, -0.2) is 23.1 Å². The summed E-state index contributed by atoms with van der Waals surface area (Å²) in [6.07, 6.45) is 1.71. The molecule has 0 atom stereocenters. The first-order valence-corrected chi connectivity index (χ1v) is 7.23. The minimum Gasteiger partial charge on any atom is -0.492 e. The lowest BCUT2D eigenvalue weighted by atomic mass is 10.2. The highest BCUT2D eigenvalue weighted by Gasteiger charge is 2.20. The van der Waals surface area contributed by atoms with Gasteiger partial charge in [-0.2, -0.15) is 5.26 Å². The third-order valence-electron chi connectivity index (χ3n) is 3.07. The molecule has 1 heterocycles. The summed E-state index contributed by atoms with van der Waals surface area (Å²) in [5.41, 5.74) is 1.40. The number of hydrogen-bond donors (Lipinski definition) is 1. The molecule has 22 heavy (non-hydrogen) atoms. The van der Waals surface area contributed by atoms with Crippen molar-refractivity contribution in [2.45, 2.75) is 26.8 Å². The van der Waals surface area contributed by atoms with E-state index in [-0.39, 0.29) is 11.9 Å². The predicted molar refractivity (Wildman–Crippen MR) is 84.3 cm³/mol. The Bertz CT molecular complexity index is 711. The van der Waals surface area contributed by atoms with Crippen molar-refractivity contribution in [2.24, 2.45) is 0 Å². The topological polar surface area (TPSA) is 67.0 Å². The van der Waals surface area contributed by atoms with Gasteiger partial charge in [0, 0.05) is 12.2 Å². The van der Waals surface area contributed by atoms with Crippen LogP contribution in [-0.2, 0) is 0 Å². The molecule has 2 aromatic rings. The van der Waals surface area contributed by atoms with Gasteiger partial charge in [-0.25, -0.2) is 0 Å². The average molecular weight is 297 g/mol. The monoisotopic (exact) mass is 297 g/mol. The molecule has 114 valence electrons. The minimum absolute atomic E-state index is 0.00970. The summed E-state index contributed by atoms with van der Waals surface area (Å²) in [6.45, 7) is 6.19. The SMILES string of the molecule is CCOc1ccccc1-n1ccc(C#N)c1C(=O)NC(C)C. The number of rotatable bonds is 5. The highest BCUT2D eigenvalue weighted by molar-refractivity contribution is 5.96. The van der Waals surface area contributed by atoms with Crippen LogP contribution < -0.4 is 10.1 Å². The van der Waals surface area contributed by atoms with Gasteiger partial charge in [-0.3, -0.25) is 4.79 Å². The molecule has 2 rings (SSSR count). The van der Waals surface area contributed by atoms with E-state index in [1.165, 1.54) is 0 Å². The number of carbonyl (C=O) groups is 1. The quantitative estimate of drug-likeness (QED) is 0.922. The van der Waals surface area contributed by atoms with Crippen LogP contribution in [0.1, 0.15) is 36.8 Å². The number of benzene rings is 1. The second-order valence-electron chi connectivity index (χ2n) is 5.09. The number of aromatic nitrogens is 1. The van der Waals surface area contributed by atoms with E-state index in [0.717, 1.165) is 5.69 Å². The number of amides is 1. The molecule has 0 aliphatic rings. The van der Waals surface area contributed by atoms with Crippen LogP contribution in [0.4, 0.5) is 0 Å². The van der Waals surface area contributed by atoms with E-state index in [1.54, 1.807) is 16.8 Å². The third-order valence-corrected chi connectivity index (χ3v) is 3.07. The van der Waals surface area contributed by atoms with Crippen molar-refractivity contribution in [3.05, 3.63) is 47.8 Å². The van der Waals surface area contributed by atoms with Crippen molar-refractivity contribution < 1.29 is 9.53 Å². The summed E-state index contributed by atoms with van der Waals surface area (Å²) in [5, 5.41) is 12.1. The maximum Gasteiger partial charge on any atom is 0.269 e. The summed E-state index contributed by atoms with van der Waals surface area (Å²) >= 11 is 0. The Labute approximate surface area is 130 Å². The fourth-order valence-corrected chi connectivity index (χ4v) is 2.22. The Morgan fingerprint density at radius 1 is 1.36 bits per heavy atom. The van der Waals surface area contributed by atoms with E-state index in [4.69, 9.17) is 4.74 Å². The second kappa shape index (κ2) is 6.81. The van der Waals surface area contributed by atoms with Gasteiger partial charge in [-0.1, -0.05) is 12.1 Å². The average Bonchev–Trinajstić information content (AvgIpc) is 2.91. The van der Waals surface area contributed by atoms with E-state index in [9.17, 15) is 10.1 Å². The molecular weight excluding hydrogens is 278 g/mol. The molecule has 0 saturated heterocycles. The lowest BCUT2D eigenvalue weighted by molar-refractivity contribution is 0.0936. The Morgan fingerprint density at radius 2 is 2.09 bits per heavy atom. The van der Waals surface area contributed by atoms with Gasteiger partial charge in [-0.05, 0) is 39.0 Å². The number of nitrogens with one attached hydrogen (secondary N) is 1. The molecule has 5 nitrogen and oxygen atoms in total. The van der Waals surface area contributed by atoms with E-state index < -0.39 is 0 Å². The number of carbonyl (C=O) groups excluding carboxylic acids is 1. The van der Waals surface area contributed by atoms with Gasteiger partial charge in [0.1, 0.15) is 17.5 Å². The molecule has 1 aromatic carbocycles. The van der Waals surface area contributed by atoms with Crippen LogP contribution in [0.25, 0.3) is 5.69 Å². The summed E-state index contributed by atoms with van der Waals surface area (Å²) in [4.78, 5) is 12.4. The molecule has 0 spiro atoms. The third kappa shape index (κ3) is 3.12. The van der Waals surface area contributed by atoms with Gasteiger partial charge in [-0.15, -0.1) is 0 Å². The number of nitrogens with zero attached hydrogens (tertiary/aromatic N) is 2. The fourth-order valence-electron chi connectivity index (χ4n) is 2.22. The molecule has 0 aliphatic heterocycles. The number of ether oxygens (including phenoxy) is 1. The molecule has 0 radical (unpaired) electrons. The largest absolute Gasteiger partial charge is 0.492 e. The maximum absolute atomic E-state index is 12.4. The molecule has 0 saturated carbocycles. The highest BCUT2D eigenvalue weighted by atomic mass is 16.5. The first-order chi connectivity index (χ1) is 10.6. The number of nitriles is 1. The van der Waals surface area contributed by atoms with Gasteiger partial charge in [0.15, 0.2) is 0 Å². The van der Waals surface area contributed by atoms with E-state index >= 15 is 0 Å². The fraction of sp³-hybridized carbons (Fsp3) is 0.294. The van der Waals surface area contributed by atoms with Crippen molar-refractivity contribution in [1.82, 2.24) is 9.88 Å². The van der Waals surface area contributed by atoms with Gasteiger partial charge in [0.25, 0.3) is 5.91 Å². The molecule has 0 unspecified atom stereocenters. The predicted octanol–water partition coefficient (Wildman–Crippen LogP) is 2.89. The van der Waals surface area contributed by atoms with Gasteiger partial charge >= 0.3 is 0 Å². The highest BCUT2D eigenvalue weighted by Crippen LogP contribution is 2.26. The summed E-state index contributed by atoms with van der Waals surface area (Å²) < 4.78 is 7.31. The molecule has 1 amide bonds. The smallest absolute Gasteiger partial charge is 0.269 e. The second-order valence-corrected chi connectivity index (χ2v) is 5.09. The first-order valence-electron chi connectivity index (χ1n) is 7.23. The van der Waals surface area contributed by atoms with Crippen LogP contribution in [0.3, 0.4) is 0 Å². The molecule has 1 N–H and O–H groups in total. The summed E-state index contributed by atoms with van der Waals surface area (Å²) in [5.74, 6) is 0.395. The minimum atomic E-state index is -0.275. The van der Waals surface area contributed by atoms with Crippen LogP contribution in [0.15, 0.2) is 36.5 Å². The van der Waals surface area contributed by atoms with E-state index in [0.29, 0.717) is 23.6 Å². The number of hydrogen-bond acceptors (Lipinski definition) is 3. The van der Waals surface area contributed by atoms with Crippen molar-refractivity contribution in [1.29, 1.82) is 5.26 Å². The van der Waals surface area contributed by atoms with Crippen molar-refractivity contribution in [3.63, 3.8) is 0 Å². The van der Waals surface area contributed by atoms with Crippen molar-refractivity contribution in [3.8, 4) is 17.5 Å². The molecule has 5 heteroatoms. The molecule has 0 fully saturated rings. The molecule has 0 aliphatic carbocycles. The zero-order valence-electron chi connectivity index (χ0n) is 13.0. The van der Waals surface area contributed by atoms with Crippen molar-refractivity contribution >= 4 is 5.91 Å². The first kappa shape index (κ1) is 15.6. The normalized spacial score (nSPS) is 10.3. The zero-order valence-corrected chi connectivity index (χ0v) is 13.0. The Hall–Kier alpha value is -2.74. The standard InChI is InChI=1S/C17H19N3O2/c1-4-22-15-8-6-5-7-14(15)20-10-9-13(11-18)16(20)17(21)19-12(2)3/h5-10,12H,4H2,1-3H3,(H,19,21). The van der Waals surface area contributed by atoms with Crippen LogP contribution in [0.2, 0.25) is 0 Å². The maximum atomic E-state index is 12.4. The molecular formula is C17H19N3O2. The van der Waals surface area contributed by atoms with Crippen LogP contribution in [0.5, 0.6) is 5.75 Å². The van der Waals surface area contributed by atoms with Crippen molar-refractivity contribution in [2.75, 3.05) is 6.61 Å². The van der Waals surface area contributed by atoms with Crippen LogP contribution >= 0.6 is 0 Å². The lowest BCUT2D eigenvalue weighted by Gasteiger charge is -2.15. The zero-order chi connectivity index (χ0) is 16.1. The lowest BCUT2D eigenvalue weighted by Crippen LogP contribution is -2.32. The van der Waals surface area contributed by atoms with Gasteiger partial charge in [0.2, 0.25) is 0 Å². The Balaban J connectivity index is 2.56. The van der Waals surface area contributed by atoms with Crippen LogP contribution in [0, 0.1) is 11.3 Å².